The Hall–Kier alpha value is -0.610. The van der Waals surface area contributed by atoms with Gasteiger partial charge in [0.2, 0.25) is 0 Å². The Bertz CT molecular complexity index is 136. The average molecular weight is 190 g/mol. The van der Waals surface area contributed by atoms with Gasteiger partial charge >= 0.3 is 5.97 Å². The highest BCUT2D eigenvalue weighted by Crippen LogP contribution is 2.02. The third-order valence-corrected chi connectivity index (χ3v) is 1.73. The first-order valence-corrected chi connectivity index (χ1v) is 4.71. The predicted octanol–water partition coefficient (Wildman–Crippen LogP) is 1.38. The van der Waals surface area contributed by atoms with Crippen LogP contribution in [0.4, 0.5) is 0 Å². The molecule has 78 valence electrons. The minimum atomic E-state index is -1.66. The van der Waals surface area contributed by atoms with E-state index in [-0.39, 0.29) is 0 Å². The van der Waals surface area contributed by atoms with E-state index in [0.717, 1.165) is 19.3 Å². The van der Waals surface area contributed by atoms with Crippen molar-refractivity contribution in [3.05, 3.63) is 0 Å². The van der Waals surface area contributed by atoms with Crippen LogP contribution in [0.1, 0.15) is 39.0 Å². The maximum absolute atomic E-state index is 10.1. The van der Waals surface area contributed by atoms with Crippen molar-refractivity contribution in [2.45, 2.75) is 45.3 Å². The van der Waals surface area contributed by atoms with E-state index in [1.54, 1.807) is 0 Å². The summed E-state index contributed by atoms with van der Waals surface area (Å²) >= 11 is 0. The third-order valence-electron chi connectivity index (χ3n) is 1.73. The van der Waals surface area contributed by atoms with Gasteiger partial charge in [-0.15, -0.1) is 0 Å². The number of hydrogen-bond donors (Lipinski definition) is 2. The zero-order valence-electron chi connectivity index (χ0n) is 8.03. The Balaban J connectivity index is 3.11. The Morgan fingerprint density at radius 1 is 1.31 bits per heavy atom. The van der Waals surface area contributed by atoms with Gasteiger partial charge in [0.05, 0.1) is 6.61 Å². The largest absolute Gasteiger partial charge is 0.477 e. The lowest BCUT2D eigenvalue weighted by molar-refractivity contribution is -0.176. The molecule has 0 fully saturated rings. The molecular weight excluding hydrogens is 172 g/mol. The van der Waals surface area contributed by atoms with Crippen molar-refractivity contribution in [2.24, 2.45) is 0 Å². The normalized spacial score (nSPS) is 12.8. The summed E-state index contributed by atoms with van der Waals surface area (Å²) in [5.41, 5.74) is 0. The zero-order valence-corrected chi connectivity index (χ0v) is 8.03. The highest BCUT2D eigenvalue weighted by molar-refractivity contribution is 5.70. The number of unbranched alkanes of at least 4 members (excludes halogenated alkanes) is 4. The van der Waals surface area contributed by atoms with Gasteiger partial charge in [-0.3, -0.25) is 0 Å². The molecule has 0 aliphatic heterocycles. The quantitative estimate of drug-likeness (QED) is 0.448. The monoisotopic (exact) mass is 190 g/mol. The van der Waals surface area contributed by atoms with Gasteiger partial charge < -0.3 is 14.9 Å². The molecule has 0 aromatic rings. The number of carboxylic acid groups (broad SMARTS) is 1. The molecule has 13 heavy (non-hydrogen) atoms. The number of aliphatic hydroxyl groups excluding tert-OH is 1. The van der Waals surface area contributed by atoms with E-state index in [1.807, 2.05) is 0 Å². The van der Waals surface area contributed by atoms with E-state index in [2.05, 4.69) is 11.7 Å². The molecule has 0 bridgehead atoms. The first-order valence-electron chi connectivity index (χ1n) is 4.71. The van der Waals surface area contributed by atoms with Gasteiger partial charge in [0.15, 0.2) is 0 Å². The Kier molecular flexibility index (Phi) is 7.63. The molecule has 1 atom stereocenters. The average Bonchev–Trinajstić information content (AvgIpc) is 2.10. The lowest BCUT2D eigenvalue weighted by Crippen LogP contribution is -2.23. The molecule has 0 aromatic heterocycles. The Morgan fingerprint density at radius 3 is 2.46 bits per heavy atom. The molecule has 0 saturated carbocycles. The van der Waals surface area contributed by atoms with E-state index in [1.165, 1.54) is 12.8 Å². The first-order chi connectivity index (χ1) is 6.18. The summed E-state index contributed by atoms with van der Waals surface area (Å²) in [6, 6.07) is 0. The molecule has 0 aliphatic carbocycles. The number of ether oxygens (including phenoxy) is 1. The van der Waals surface area contributed by atoms with Gasteiger partial charge in [-0.2, -0.15) is 0 Å². The SMILES string of the molecule is CCCCCCCOC(O)C(=O)O. The van der Waals surface area contributed by atoms with Crippen LogP contribution < -0.4 is 0 Å². The van der Waals surface area contributed by atoms with Crippen LogP contribution in [0.5, 0.6) is 0 Å². The van der Waals surface area contributed by atoms with Gasteiger partial charge in [0.25, 0.3) is 6.29 Å². The fourth-order valence-corrected chi connectivity index (χ4v) is 0.972. The van der Waals surface area contributed by atoms with Crippen LogP contribution in [0.3, 0.4) is 0 Å². The van der Waals surface area contributed by atoms with Gasteiger partial charge in [0.1, 0.15) is 0 Å². The summed E-state index contributed by atoms with van der Waals surface area (Å²) in [5.74, 6) is -1.33. The van der Waals surface area contributed by atoms with Crippen LogP contribution in [0.2, 0.25) is 0 Å². The zero-order chi connectivity index (χ0) is 10.1. The second-order valence-electron chi connectivity index (χ2n) is 2.98. The number of rotatable bonds is 8. The molecule has 0 heterocycles. The number of aliphatic hydroxyl groups is 1. The van der Waals surface area contributed by atoms with E-state index >= 15 is 0 Å². The summed E-state index contributed by atoms with van der Waals surface area (Å²) in [7, 11) is 0. The van der Waals surface area contributed by atoms with Crippen molar-refractivity contribution in [1.82, 2.24) is 0 Å². The second-order valence-corrected chi connectivity index (χ2v) is 2.98. The summed E-state index contributed by atoms with van der Waals surface area (Å²) < 4.78 is 4.64. The van der Waals surface area contributed by atoms with Gasteiger partial charge in [-0.25, -0.2) is 4.79 Å². The highest BCUT2D eigenvalue weighted by atomic mass is 16.6. The summed E-state index contributed by atoms with van der Waals surface area (Å²) in [5, 5.41) is 17.0. The van der Waals surface area contributed by atoms with Crippen LogP contribution >= 0.6 is 0 Å². The molecule has 0 aromatic carbocycles. The molecule has 0 saturated heterocycles. The van der Waals surface area contributed by atoms with Crippen LogP contribution in [0.25, 0.3) is 0 Å². The predicted molar refractivity (Wildman–Crippen MR) is 48.4 cm³/mol. The number of hydrogen-bond acceptors (Lipinski definition) is 3. The van der Waals surface area contributed by atoms with Crippen molar-refractivity contribution < 1.29 is 19.7 Å². The molecular formula is C9H18O4. The maximum Gasteiger partial charge on any atom is 0.360 e. The smallest absolute Gasteiger partial charge is 0.360 e. The topological polar surface area (TPSA) is 66.8 Å². The standard InChI is InChI=1S/C9H18O4/c1-2-3-4-5-6-7-13-9(12)8(10)11/h9,12H,2-7H2,1H3,(H,10,11). The fraction of sp³-hybridized carbons (Fsp3) is 0.889. The minimum absolute atomic E-state index is 0.317. The van der Waals surface area contributed by atoms with Crippen molar-refractivity contribution in [3.63, 3.8) is 0 Å². The summed E-state index contributed by atoms with van der Waals surface area (Å²) in [4.78, 5) is 10.1. The van der Waals surface area contributed by atoms with E-state index in [4.69, 9.17) is 10.2 Å². The van der Waals surface area contributed by atoms with E-state index in [0.29, 0.717) is 6.61 Å². The van der Waals surface area contributed by atoms with Gasteiger partial charge in [-0.1, -0.05) is 32.6 Å². The second kappa shape index (κ2) is 8.01. The van der Waals surface area contributed by atoms with Crippen LogP contribution in [0.15, 0.2) is 0 Å². The molecule has 4 nitrogen and oxygen atoms in total. The van der Waals surface area contributed by atoms with Crippen LogP contribution in [-0.4, -0.2) is 29.1 Å². The lowest BCUT2D eigenvalue weighted by atomic mass is 10.2. The highest BCUT2D eigenvalue weighted by Gasteiger charge is 2.11. The summed E-state index contributed by atoms with van der Waals surface area (Å²) in [6.45, 7) is 2.45. The molecule has 0 amide bonds. The lowest BCUT2D eigenvalue weighted by Gasteiger charge is -2.06. The Morgan fingerprint density at radius 2 is 1.92 bits per heavy atom. The van der Waals surface area contributed by atoms with E-state index in [9.17, 15) is 4.79 Å². The minimum Gasteiger partial charge on any atom is -0.477 e. The van der Waals surface area contributed by atoms with Crippen LogP contribution in [-0.2, 0) is 9.53 Å². The Labute approximate surface area is 78.5 Å². The summed E-state index contributed by atoms with van der Waals surface area (Å²) in [6.07, 6.45) is 3.69. The maximum atomic E-state index is 10.1. The van der Waals surface area contributed by atoms with Crippen molar-refractivity contribution in [1.29, 1.82) is 0 Å². The number of carboxylic acids is 1. The van der Waals surface area contributed by atoms with E-state index < -0.39 is 12.3 Å². The molecule has 0 rings (SSSR count). The fourth-order valence-electron chi connectivity index (χ4n) is 0.972. The molecule has 0 spiro atoms. The van der Waals surface area contributed by atoms with Crippen molar-refractivity contribution in [3.8, 4) is 0 Å². The molecule has 0 aliphatic rings. The van der Waals surface area contributed by atoms with Gasteiger partial charge in [0, 0.05) is 0 Å². The molecule has 1 unspecified atom stereocenters. The number of carbonyl (C=O) groups is 1. The van der Waals surface area contributed by atoms with Gasteiger partial charge in [-0.05, 0) is 6.42 Å². The molecule has 4 heteroatoms. The van der Waals surface area contributed by atoms with Crippen molar-refractivity contribution >= 4 is 5.97 Å². The third kappa shape index (κ3) is 7.74. The first kappa shape index (κ1) is 12.4. The number of aliphatic carboxylic acids is 1. The molecule has 2 N–H and O–H groups in total. The van der Waals surface area contributed by atoms with Crippen molar-refractivity contribution in [2.75, 3.05) is 6.61 Å². The molecule has 0 radical (unpaired) electrons. The van der Waals surface area contributed by atoms with Crippen LogP contribution in [0, 0.1) is 0 Å².